The van der Waals surface area contributed by atoms with Crippen molar-refractivity contribution in [3.8, 4) is 28.7 Å². The molecule has 1 saturated heterocycles. The lowest BCUT2D eigenvalue weighted by atomic mass is 10.1. The molecular formula is C40H34F4N4O6. The number of morpholine rings is 1. The van der Waals surface area contributed by atoms with E-state index in [1.54, 1.807) is 30.3 Å². The van der Waals surface area contributed by atoms with E-state index in [9.17, 15) is 22.8 Å². The molecule has 1 aliphatic heterocycles. The van der Waals surface area contributed by atoms with Crippen molar-refractivity contribution in [1.29, 1.82) is 0 Å². The first-order valence-electron chi connectivity index (χ1n) is 17.1. The molecule has 278 valence electrons. The van der Waals surface area contributed by atoms with Crippen molar-refractivity contribution < 1.29 is 41.3 Å². The van der Waals surface area contributed by atoms with Crippen molar-refractivity contribution in [2.75, 3.05) is 51.9 Å². The second-order valence-corrected chi connectivity index (χ2v) is 12.5. The molecule has 2 aromatic heterocycles. The van der Waals surface area contributed by atoms with Crippen LogP contribution in [0.25, 0.3) is 27.5 Å². The third-order valence-electron chi connectivity index (χ3n) is 9.00. The van der Waals surface area contributed by atoms with Gasteiger partial charge in [0.25, 0.3) is 5.91 Å². The molecule has 0 aliphatic carbocycles. The Morgan fingerprint density at radius 1 is 0.907 bits per heavy atom. The number of para-hydroxylation sites is 2. The lowest BCUT2D eigenvalue weighted by Crippen LogP contribution is -2.37. The molecular weight excluding hydrogens is 708 g/mol. The average Bonchev–Trinajstić information content (AvgIpc) is 3.17. The van der Waals surface area contributed by atoms with Crippen molar-refractivity contribution in [1.82, 2.24) is 14.5 Å². The molecule has 1 N–H and O–H groups in total. The van der Waals surface area contributed by atoms with Gasteiger partial charge in [0.15, 0.2) is 23.1 Å². The van der Waals surface area contributed by atoms with Crippen molar-refractivity contribution in [2.24, 2.45) is 0 Å². The Hall–Kier alpha value is -5.99. The minimum atomic E-state index is -4.71. The standard InChI is InChI=1S/C40H34F4N4O6/c1-51-36-22-27-31(23-37(36)53-18-6-15-47-16-19-52-20-17-47)45-14-13-34(27)54-35-12-11-25(21-30(35)41)46-39(50)28-24-48(32-9-4-2-7-26(32)38(28)49)33-10-5-3-8-29(33)40(42,43)44/h2-5,7-14,21-24H,6,15-20H2,1H3,(H,46,50). The number of aromatic nitrogens is 2. The summed E-state index contributed by atoms with van der Waals surface area (Å²) in [5.74, 6) is -0.711. The van der Waals surface area contributed by atoms with Crippen LogP contribution >= 0.6 is 0 Å². The molecule has 0 atom stereocenters. The van der Waals surface area contributed by atoms with Crippen LogP contribution in [-0.2, 0) is 10.9 Å². The highest BCUT2D eigenvalue weighted by atomic mass is 19.4. The summed E-state index contributed by atoms with van der Waals surface area (Å²) in [7, 11) is 1.51. The van der Waals surface area contributed by atoms with E-state index in [1.807, 2.05) is 0 Å². The minimum absolute atomic E-state index is 0.0173. The van der Waals surface area contributed by atoms with Gasteiger partial charge in [0.05, 0.1) is 49.2 Å². The Labute approximate surface area is 306 Å². The molecule has 14 heteroatoms. The highest BCUT2D eigenvalue weighted by Gasteiger charge is 2.34. The zero-order chi connectivity index (χ0) is 37.8. The largest absolute Gasteiger partial charge is 0.493 e. The summed E-state index contributed by atoms with van der Waals surface area (Å²) in [5, 5.41) is 3.05. The van der Waals surface area contributed by atoms with E-state index in [0.717, 1.165) is 62.2 Å². The van der Waals surface area contributed by atoms with E-state index in [-0.39, 0.29) is 33.8 Å². The molecule has 7 rings (SSSR count). The molecule has 10 nitrogen and oxygen atoms in total. The number of nitrogens with zero attached hydrogens (tertiary/aromatic N) is 3. The Kier molecular flexibility index (Phi) is 10.5. The van der Waals surface area contributed by atoms with Crippen LogP contribution in [-0.4, -0.2) is 66.9 Å². The Bertz CT molecular complexity index is 2390. The lowest BCUT2D eigenvalue weighted by molar-refractivity contribution is -0.137. The third-order valence-corrected chi connectivity index (χ3v) is 9.00. The predicted octanol–water partition coefficient (Wildman–Crippen LogP) is 7.85. The second kappa shape index (κ2) is 15.5. The smallest absolute Gasteiger partial charge is 0.418 e. The number of nitrogens with one attached hydrogen (secondary N) is 1. The first-order valence-corrected chi connectivity index (χ1v) is 17.1. The van der Waals surface area contributed by atoms with Crippen molar-refractivity contribution >= 4 is 33.4 Å². The van der Waals surface area contributed by atoms with Crippen LogP contribution in [0.4, 0.5) is 23.2 Å². The van der Waals surface area contributed by atoms with Gasteiger partial charge in [0.2, 0.25) is 5.43 Å². The summed E-state index contributed by atoms with van der Waals surface area (Å²) < 4.78 is 81.6. The van der Waals surface area contributed by atoms with Gasteiger partial charge in [0.1, 0.15) is 11.3 Å². The number of amides is 1. The maximum atomic E-state index is 15.5. The highest BCUT2D eigenvalue weighted by Crippen LogP contribution is 2.38. The summed E-state index contributed by atoms with van der Waals surface area (Å²) in [6, 6.07) is 19.6. The SMILES string of the molecule is COc1cc2c(Oc3ccc(NC(=O)c4cn(-c5ccccc5C(F)(F)F)c5ccccc5c4=O)cc3F)ccnc2cc1OCCCN1CCOCC1. The van der Waals surface area contributed by atoms with Gasteiger partial charge in [-0.1, -0.05) is 24.3 Å². The molecule has 4 aromatic carbocycles. The summed E-state index contributed by atoms with van der Waals surface area (Å²) in [4.78, 5) is 33.7. The van der Waals surface area contributed by atoms with Crippen LogP contribution in [0, 0.1) is 5.82 Å². The Morgan fingerprint density at radius 3 is 2.46 bits per heavy atom. The van der Waals surface area contributed by atoms with E-state index in [4.69, 9.17) is 18.9 Å². The average molecular weight is 743 g/mol. The number of hydrogen-bond acceptors (Lipinski definition) is 8. The van der Waals surface area contributed by atoms with Crippen LogP contribution in [0.5, 0.6) is 23.0 Å². The number of halogens is 4. The monoisotopic (exact) mass is 742 g/mol. The summed E-state index contributed by atoms with van der Waals surface area (Å²) in [6.07, 6.45) is -1.32. The highest BCUT2D eigenvalue weighted by molar-refractivity contribution is 6.06. The molecule has 3 heterocycles. The van der Waals surface area contributed by atoms with Gasteiger partial charge < -0.3 is 28.8 Å². The van der Waals surface area contributed by atoms with E-state index >= 15 is 4.39 Å². The van der Waals surface area contributed by atoms with Crippen LogP contribution in [0.1, 0.15) is 22.3 Å². The van der Waals surface area contributed by atoms with E-state index in [2.05, 4.69) is 15.2 Å². The minimum Gasteiger partial charge on any atom is -0.493 e. The van der Waals surface area contributed by atoms with Crippen molar-refractivity contribution in [3.63, 3.8) is 0 Å². The van der Waals surface area contributed by atoms with Crippen LogP contribution in [0.3, 0.4) is 0 Å². The maximum absolute atomic E-state index is 15.5. The number of anilines is 1. The van der Waals surface area contributed by atoms with Crippen LogP contribution in [0.2, 0.25) is 0 Å². The number of rotatable bonds is 11. The topological polar surface area (TPSA) is 104 Å². The zero-order valence-electron chi connectivity index (χ0n) is 29.0. The number of fused-ring (bicyclic) bond motifs is 2. The fourth-order valence-corrected chi connectivity index (χ4v) is 6.33. The van der Waals surface area contributed by atoms with Crippen LogP contribution in [0.15, 0.2) is 102 Å². The predicted molar refractivity (Wildman–Crippen MR) is 195 cm³/mol. The number of carbonyl (C=O) groups is 1. The zero-order valence-corrected chi connectivity index (χ0v) is 29.0. The van der Waals surface area contributed by atoms with Gasteiger partial charge >= 0.3 is 6.18 Å². The first kappa shape index (κ1) is 36.4. The second-order valence-electron chi connectivity index (χ2n) is 12.5. The van der Waals surface area contributed by atoms with E-state index < -0.39 is 34.5 Å². The molecule has 0 bridgehead atoms. The van der Waals surface area contributed by atoms with Gasteiger partial charge in [-0.2, -0.15) is 13.2 Å². The number of ether oxygens (including phenoxy) is 4. The number of alkyl halides is 3. The molecule has 0 saturated carbocycles. The molecule has 0 radical (unpaired) electrons. The molecule has 1 amide bonds. The fourth-order valence-electron chi connectivity index (χ4n) is 6.33. The fraction of sp³-hybridized carbons (Fsp3) is 0.225. The van der Waals surface area contributed by atoms with E-state index in [0.29, 0.717) is 29.0 Å². The molecule has 1 aliphatic rings. The number of pyridine rings is 2. The summed E-state index contributed by atoms with van der Waals surface area (Å²) in [6.45, 7) is 4.59. The van der Waals surface area contributed by atoms with Crippen molar-refractivity contribution in [2.45, 2.75) is 12.6 Å². The quantitative estimate of drug-likeness (QED) is 0.106. The molecule has 0 spiro atoms. The molecule has 0 unspecified atom stereocenters. The Balaban J connectivity index is 1.10. The van der Waals surface area contributed by atoms with Gasteiger partial charge in [0, 0.05) is 60.6 Å². The number of benzene rings is 4. The summed E-state index contributed by atoms with van der Waals surface area (Å²) >= 11 is 0. The van der Waals surface area contributed by atoms with Gasteiger partial charge in [-0.05, 0) is 55.0 Å². The normalized spacial score (nSPS) is 13.6. The van der Waals surface area contributed by atoms with Gasteiger partial charge in [-0.3, -0.25) is 19.5 Å². The van der Waals surface area contributed by atoms with Crippen LogP contribution < -0.4 is 25.0 Å². The first-order chi connectivity index (χ1) is 26.1. The van der Waals surface area contributed by atoms with Gasteiger partial charge in [-0.25, -0.2) is 4.39 Å². The number of hydrogen-bond donors (Lipinski definition) is 1. The lowest BCUT2D eigenvalue weighted by Gasteiger charge is -2.26. The van der Waals surface area contributed by atoms with Crippen molar-refractivity contribution in [3.05, 3.63) is 124 Å². The third kappa shape index (κ3) is 7.70. The molecule has 54 heavy (non-hydrogen) atoms. The maximum Gasteiger partial charge on any atom is 0.418 e. The molecule has 6 aromatic rings. The van der Waals surface area contributed by atoms with E-state index in [1.165, 1.54) is 55.8 Å². The van der Waals surface area contributed by atoms with Gasteiger partial charge in [-0.15, -0.1) is 0 Å². The number of carbonyl (C=O) groups excluding carboxylic acids is 1. The Morgan fingerprint density at radius 2 is 1.69 bits per heavy atom. The summed E-state index contributed by atoms with van der Waals surface area (Å²) in [5.41, 5.74) is -1.68. The molecule has 1 fully saturated rings. The number of methoxy groups -OCH3 is 1.